The van der Waals surface area contributed by atoms with Crippen molar-refractivity contribution in [1.29, 1.82) is 0 Å². The second-order valence-corrected chi connectivity index (χ2v) is 8.22. The largest absolute Gasteiger partial charge is 0.372 e. The van der Waals surface area contributed by atoms with Gasteiger partial charge in [-0.1, -0.05) is 0 Å². The van der Waals surface area contributed by atoms with Gasteiger partial charge < -0.3 is 35.8 Å². The zero-order chi connectivity index (χ0) is 21.0. The first-order chi connectivity index (χ1) is 12.7. The summed E-state index contributed by atoms with van der Waals surface area (Å²) in [5, 5.41) is 13.6. The first kappa shape index (κ1) is 26.7. The van der Waals surface area contributed by atoms with Gasteiger partial charge in [0, 0.05) is 37.3 Å². The van der Waals surface area contributed by atoms with Crippen LogP contribution in [0.15, 0.2) is 0 Å². The van der Waals surface area contributed by atoms with Gasteiger partial charge in [0.05, 0.1) is 12.2 Å². The van der Waals surface area contributed by atoms with Gasteiger partial charge in [0.2, 0.25) is 0 Å². The third kappa shape index (κ3) is 10.2. The zero-order valence-electron chi connectivity index (χ0n) is 19.6. The molecule has 0 radical (unpaired) electrons. The molecule has 7 heteroatoms. The normalized spacial score (nSPS) is 19.1. The minimum atomic E-state index is 0.131. The summed E-state index contributed by atoms with van der Waals surface area (Å²) in [7, 11) is 16.6. The fraction of sp³-hybridized carbons (Fsp3) is 1.00. The molecule has 0 spiro atoms. The number of hydrogen-bond acceptors (Lipinski definition) is 7. The standard InChI is InChI=1S/C20H48N6O/c1-15(25(7)8)11-19(17(23-5)13-21-3)27-20(12-16(2)26(9)10)18(24-6)14-22-4/h15-24H,11-14H2,1-10H3. The molecule has 0 aliphatic heterocycles. The van der Waals surface area contributed by atoms with E-state index in [2.05, 4.69) is 73.1 Å². The lowest BCUT2D eigenvalue weighted by Gasteiger charge is -2.38. The van der Waals surface area contributed by atoms with Crippen LogP contribution in [0.3, 0.4) is 0 Å². The Morgan fingerprint density at radius 2 is 1.00 bits per heavy atom. The molecule has 0 aliphatic carbocycles. The van der Waals surface area contributed by atoms with Crippen molar-refractivity contribution in [2.75, 3.05) is 69.5 Å². The van der Waals surface area contributed by atoms with E-state index < -0.39 is 0 Å². The second-order valence-electron chi connectivity index (χ2n) is 8.22. The molecule has 7 nitrogen and oxygen atoms in total. The van der Waals surface area contributed by atoms with Crippen LogP contribution >= 0.6 is 0 Å². The second kappa shape index (κ2) is 14.7. The minimum Gasteiger partial charge on any atom is -0.372 e. The van der Waals surface area contributed by atoms with Gasteiger partial charge in [-0.25, -0.2) is 0 Å². The van der Waals surface area contributed by atoms with E-state index in [4.69, 9.17) is 4.74 Å². The Labute approximate surface area is 169 Å². The van der Waals surface area contributed by atoms with Crippen molar-refractivity contribution < 1.29 is 4.74 Å². The summed E-state index contributed by atoms with van der Waals surface area (Å²) >= 11 is 0. The summed E-state index contributed by atoms with van der Waals surface area (Å²) < 4.78 is 6.85. The molecule has 0 saturated heterocycles. The highest BCUT2D eigenvalue weighted by Crippen LogP contribution is 2.19. The molecule has 0 saturated carbocycles. The van der Waals surface area contributed by atoms with Crippen LogP contribution in [0.25, 0.3) is 0 Å². The van der Waals surface area contributed by atoms with E-state index in [-0.39, 0.29) is 24.3 Å². The van der Waals surface area contributed by atoms with Crippen LogP contribution < -0.4 is 21.3 Å². The number of likely N-dealkylation sites (N-methyl/N-ethyl adjacent to an activating group) is 4. The summed E-state index contributed by atoms with van der Waals surface area (Å²) in [5.74, 6) is 0. The molecule has 27 heavy (non-hydrogen) atoms. The monoisotopic (exact) mass is 388 g/mol. The number of nitrogens with zero attached hydrogens (tertiary/aromatic N) is 2. The highest BCUT2D eigenvalue weighted by atomic mass is 16.5. The number of ether oxygens (including phenoxy) is 1. The molecule has 0 aromatic carbocycles. The molecule has 0 amide bonds. The minimum absolute atomic E-state index is 0.131. The fourth-order valence-electron chi connectivity index (χ4n) is 3.23. The Bertz CT molecular complexity index is 323. The molecule has 0 fully saturated rings. The Morgan fingerprint density at radius 3 is 1.22 bits per heavy atom. The maximum absolute atomic E-state index is 6.85. The lowest BCUT2D eigenvalue weighted by molar-refractivity contribution is -0.0662. The maximum atomic E-state index is 6.85. The summed E-state index contributed by atoms with van der Waals surface area (Å²) in [6.45, 7) is 6.30. The van der Waals surface area contributed by atoms with E-state index in [1.165, 1.54) is 0 Å². The van der Waals surface area contributed by atoms with E-state index in [0.717, 1.165) is 25.9 Å². The summed E-state index contributed by atoms with van der Waals surface area (Å²) in [5.41, 5.74) is 0. The van der Waals surface area contributed by atoms with Gasteiger partial charge in [0.1, 0.15) is 0 Å². The molecular formula is C20H48N6O. The van der Waals surface area contributed by atoms with E-state index in [1.54, 1.807) is 0 Å². The highest BCUT2D eigenvalue weighted by Gasteiger charge is 2.31. The molecule has 6 atom stereocenters. The van der Waals surface area contributed by atoms with Gasteiger partial charge in [-0.2, -0.15) is 0 Å². The van der Waals surface area contributed by atoms with Crippen molar-refractivity contribution in [2.45, 2.75) is 63.1 Å². The van der Waals surface area contributed by atoms with Crippen molar-refractivity contribution in [3.05, 3.63) is 0 Å². The van der Waals surface area contributed by atoms with Crippen molar-refractivity contribution in [3.63, 3.8) is 0 Å². The Morgan fingerprint density at radius 1 is 0.667 bits per heavy atom. The van der Waals surface area contributed by atoms with Crippen LogP contribution in [0.4, 0.5) is 0 Å². The van der Waals surface area contributed by atoms with Gasteiger partial charge in [-0.3, -0.25) is 0 Å². The van der Waals surface area contributed by atoms with Crippen molar-refractivity contribution >= 4 is 0 Å². The van der Waals surface area contributed by atoms with E-state index in [9.17, 15) is 0 Å². The van der Waals surface area contributed by atoms with Gasteiger partial charge in [-0.15, -0.1) is 0 Å². The van der Waals surface area contributed by atoms with Crippen LogP contribution in [0.5, 0.6) is 0 Å². The summed E-state index contributed by atoms with van der Waals surface area (Å²) in [4.78, 5) is 4.53. The molecule has 4 N–H and O–H groups in total. The Kier molecular flexibility index (Phi) is 14.5. The third-order valence-corrected chi connectivity index (χ3v) is 5.75. The number of hydrogen-bond donors (Lipinski definition) is 4. The van der Waals surface area contributed by atoms with Crippen LogP contribution in [0, 0.1) is 0 Å². The van der Waals surface area contributed by atoms with Crippen LogP contribution in [-0.4, -0.2) is 116 Å². The van der Waals surface area contributed by atoms with Gasteiger partial charge in [-0.05, 0) is 83.1 Å². The average molecular weight is 389 g/mol. The molecule has 0 bridgehead atoms. The van der Waals surface area contributed by atoms with Gasteiger partial charge in [0.25, 0.3) is 0 Å². The third-order valence-electron chi connectivity index (χ3n) is 5.75. The maximum Gasteiger partial charge on any atom is 0.0759 e. The average Bonchev–Trinajstić information content (AvgIpc) is 2.62. The van der Waals surface area contributed by atoms with Gasteiger partial charge >= 0.3 is 0 Å². The summed E-state index contributed by atoms with van der Waals surface area (Å²) in [6.07, 6.45) is 2.24. The van der Waals surface area contributed by atoms with Crippen LogP contribution in [0.2, 0.25) is 0 Å². The Balaban J connectivity index is 5.49. The van der Waals surface area contributed by atoms with Crippen molar-refractivity contribution in [3.8, 4) is 0 Å². The quantitative estimate of drug-likeness (QED) is 0.298. The molecule has 6 unspecified atom stereocenters. The topological polar surface area (TPSA) is 63.8 Å². The Hall–Kier alpha value is -0.280. The molecule has 0 aromatic heterocycles. The first-order valence-corrected chi connectivity index (χ1v) is 10.3. The molecule has 0 aromatic rings. The predicted molar refractivity (Wildman–Crippen MR) is 118 cm³/mol. The van der Waals surface area contributed by atoms with Crippen molar-refractivity contribution in [2.24, 2.45) is 0 Å². The summed E-state index contributed by atoms with van der Waals surface area (Å²) in [6, 6.07) is 1.43. The lowest BCUT2D eigenvalue weighted by Crippen LogP contribution is -2.54. The SMILES string of the molecule is CNCC(NC)C(CC(C)N(C)C)OC(CC(C)N(C)C)C(CNC)NC. The fourth-order valence-corrected chi connectivity index (χ4v) is 3.23. The van der Waals surface area contributed by atoms with Crippen molar-refractivity contribution in [1.82, 2.24) is 31.1 Å². The zero-order valence-corrected chi connectivity index (χ0v) is 19.6. The predicted octanol–water partition coefficient (Wildman–Crippen LogP) is 0.0354. The molecule has 0 heterocycles. The van der Waals surface area contributed by atoms with E-state index in [0.29, 0.717) is 12.1 Å². The molecular weight excluding hydrogens is 340 g/mol. The molecule has 0 aliphatic rings. The first-order valence-electron chi connectivity index (χ1n) is 10.3. The van der Waals surface area contributed by atoms with E-state index >= 15 is 0 Å². The van der Waals surface area contributed by atoms with Crippen LogP contribution in [-0.2, 0) is 4.74 Å². The smallest absolute Gasteiger partial charge is 0.0759 e. The number of rotatable bonds is 16. The van der Waals surface area contributed by atoms with E-state index in [1.807, 2.05) is 28.2 Å². The van der Waals surface area contributed by atoms with Crippen LogP contribution in [0.1, 0.15) is 26.7 Å². The lowest BCUT2D eigenvalue weighted by atomic mass is 9.99. The highest BCUT2D eigenvalue weighted by molar-refractivity contribution is 4.87. The molecule has 164 valence electrons. The number of nitrogens with one attached hydrogen (secondary N) is 4. The van der Waals surface area contributed by atoms with Gasteiger partial charge in [0.15, 0.2) is 0 Å². The molecule has 0 rings (SSSR count).